The number of aliphatic hydroxyl groups is 1. The molecule has 3 heterocycles. The van der Waals surface area contributed by atoms with Crippen LogP contribution in [-0.4, -0.2) is 31.4 Å². The van der Waals surface area contributed by atoms with Crippen LogP contribution in [0.25, 0.3) is 0 Å². The molecule has 2 aromatic rings. The van der Waals surface area contributed by atoms with Crippen molar-refractivity contribution in [2.45, 2.75) is 39.5 Å². The molecule has 0 spiro atoms. The minimum atomic E-state index is 0.0518. The van der Waals surface area contributed by atoms with Gasteiger partial charge < -0.3 is 14.6 Å². The lowest BCUT2D eigenvalue weighted by molar-refractivity contribution is 0.281. The van der Waals surface area contributed by atoms with E-state index in [0.717, 1.165) is 48.8 Å². The number of pyridine rings is 1. The molecule has 2 aromatic heterocycles. The highest BCUT2D eigenvalue weighted by molar-refractivity contribution is 5.43. The van der Waals surface area contributed by atoms with Gasteiger partial charge in [-0.15, -0.1) is 10.2 Å². The Hall–Kier alpha value is -1.95. The SMILES string of the molecule is CCCc1cc(CO)cc(N2CCn3cnnc3C2)n1. The lowest BCUT2D eigenvalue weighted by Crippen LogP contribution is -2.34. The number of hydrogen-bond donors (Lipinski definition) is 1. The average molecular weight is 273 g/mol. The van der Waals surface area contributed by atoms with Gasteiger partial charge in [-0.1, -0.05) is 13.3 Å². The van der Waals surface area contributed by atoms with E-state index in [4.69, 9.17) is 4.98 Å². The number of aliphatic hydroxyl groups excluding tert-OH is 1. The smallest absolute Gasteiger partial charge is 0.152 e. The third-order valence-electron chi connectivity index (χ3n) is 3.58. The number of rotatable bonds is 4. The van der Waals surface area contributed by atoms with Gasteiger partial charge in [0.05, 0.1) is 13.2 Å². The highest BCUT2D eigenvalue weighted by Crippen LogP contribution is 2.20. The van der Waals surface area contributed by atoms with E-state index < -0.39 is 0 Å². The molecule has 0 aromatic carbocycles. The summed E-state index contributed by atoms with van der Waals surface area (Å²) in [6, 6.07) is 3.95. The molecule has 0 radical (unpaired) electrons. The molecule has 0 saturated heterocycles. The van der Waals surface area contributed by atoms with E-state index in [1.54, 1.807) is 6.33 Å². The first-order valence-electron chi connectivity index (χ1n) is 7.02. The quantitative estimate of drug-likeness (QED) is 0.904. The normalized spacial score (nSPS) is 14.4. The van der Waals surface area contributed by atoms with Gasteiger partial charge in [0.25, 0.3) is 0 Å². The maximum Gasteiger partial charge on any atom is 0.152 e. The van der Waals surface area contributed by atoms with Gasteiger partial charge in [-0.25, -0.2) is 4.98 Å². The van der Waals surface area contributed by atoms with Crippen LogP contribution in [-0.2, 0) is 26.1 Å². The molecular weight excluding hydrogens is 254 g/mol. The van der Waals surface area contributed by atoms with Crippen molar-refractivity contribution in [3.05, 3.63) is 35.5 Å². The highest BCUT2D eigenvalue weighted by atomic mass is 16.3. The average Bonchev–Trinajstić information content (AvgIpc) is 2.94. The van der Waals surface area contributed by atoms with Crippen molar-refractivity contribution in [2.75, 3.05) is 11.4 Å². The predicted molar refractivity (Wildman–Crippen MR) is 75.2 cm³/mol. The van der Waals surface area contributed by atoms with E-state index in [2.05, 4.69) is 26.6 Å². The molecule has 1 N–H and O–H groups in total. The van der Waals surface area contributed by atoms with E-state index in [1.165, 1.54) is 0 Å². The molecule has 0 atom stereocenters. The molecule has 0 fully saturated rings. The summed E-state index contributed by atoms with van der Waals surface area (Å²) in [5, 5.41) is 17.5. The van der Waals surface area contributed by atoms with Crippen molar-refractivity contribution in [2.24, 2.45) is 0 Å². The van der Waals surface area contributed by atoms with Crippen LogP contribution in [0.3, 0.4) is 0 Å². The fourth-order valence-corrected chi connectivity index (χ4v) is 2.53. The second kappa shape index (κ2) is 5.58. The Labute approximate surface area is 118 Å². The molecule has 0 unspecified atom stereocenters. The Morgan fingerprint density at radius 1 is 1.30 bits per heavy atom. The zero-order valence-corrected chi connectivity index (χ0v) is 11.7. The Bertz CT molecular complexity index is 595. The van der Waals surface area contributed by atoms with Crippen molar-refractivity contribution in [3.8, 4) is 0 Å². The first-order valence-corrected chi connectivity index (χ1v) is 7.02. The van der Waals surface area contributed by atoms with Gasteiger partial charge in [-0.2, -0.15) is 0 Å². The summed E-state index contributed by atoms with van der Waals surface area (Å²) < 4.78 is 2.07. The highest BCUT2D eigenvalue weighted by Gasteiger charge is 2.19. The molecule has 1 aliphatic rings. The van der Waals surface area contributed by atoms with Crippen molar-refractivity contribution in [1.82, 2.24) is 19.7 Å². The summed E-state index contributed by atoms with van der Waals surface area (Å²) in [5.74, 6) is 1.89. The molecule has 1 aliphatic heterocycles. The third kappa shape index (κ3) is 2.51. The van der Waals surface area contributed by atoms with Gasteiger partial charge in [-0.3, -0.25) is 0 Å². The molecule has 0 aliphatic carbocycles. The molecular formula is C14H19N5O. The lowest BCUT2D eigenvalue weighted by Gasteiger charge is -2.28. The molecule has 0 bridgehead atoms. The number of aryl methyl sites for hydroxylation is 1. The number of anilines is 1. The van der Waals surface area contributed by atoms with Crippen molar-refractivity contribution in [1.29, 1.82) is 0 Å². The first-order chi connectivity index (χ1) is 9.80. The van der Waals surface area contributed by atoms with Crippen LogP contribution >= 0.6 is 0 Å². The molecule has 6 nitrogen and oxygen atoms in total. The molecule has 0 saturated carbocycles. The summed E-state index contributed by atoms with van der Waals surface area (Å²) in [4.78, 5) is 6.91. The maximum absolute atomic E-state index is 9.41. The summed E-state index contributed by atoms with van der Waals surface area (Å²) in [6.07, 6.45) is 3.76. The molecule has 20 heavy (non-hydrogen) atoms. The van der Waals surface area contributed by atoms with Crippen molar-refractivity contribution in [3.63, 3.8) is 0 Å². The Morgan fingerprint density at radius 2 is 2.20 bits per heavy atom. The van der Waals surface area contributed by atoms with Crippen LogP contribution in [0.4, 0.5) is 5.82 Å². The topological polar surface area (TPSA) is 67.1 Å². The minimum Gasteiger partial charge on any atom is -0.392 e. The van der Waals surface area contributed by atoms with Gasteiger partial charge in [0.15, 0.2) is 5.82 Å². The largest absolute Gasteiger partial charge is 0.392 e. The minimum absolute atomic E-state index is 0.0518. The van der Waals surface area contributed by atoms with Gasteiger partial charge in [0.2, 0.25) is 0 Å². The number of aromatic nitrogens is 4. The van der Waals surface area contributed by atoms with E-state index in [1.807, 2.05) is 12.1 Å². The van der Waals surface area contributed by atoms with Gasteiger partial charge >= 0.3 is 0 Å². The number of fused-ring (bicyclic) bond motifs is 1. The standard InChI is InChI=1S/C14H19N5O/c1-2-3-12-6-11(9-20)7-13(16-12)18-4-5-19-10-15-17-14(19)8-18/h6-7,10,20H,2-5,8-9H2,1H3. The Balaban J connectivity index is 1.88. The summed E-state index contributed by atoms with van der Waals surface area (Å²) in [5.41, 5.74) is 1.96. The first kappa shape index (κ1) is 13.1. The molecule has 106 valence electrons. The van der Waals surface area contributed by atoms with Crippen LogP contribution < -0.4 is 4.90 Å². The van der Waals surface area contributed by atoms with E-state index in [0.29, 0.717) is 6.54 Å². The summed E-state index contributed by atoms with van der Waals surface area (Å²) in [7, 11) is 0. The van der Waals surface area contributed by atoms with Gasteiger partial charge in [0.1, 0.15) is 12.1 Å². The third-order valence-corrected chi connectivity index (χ3v) is 3.58. The van der Waals surface area contributed by atoms with Crippen LogP contribution in [0, 0.1) is 0 Å². The van der Waals surface area contributed by atoms with E-state index >= 15 is 0 Å². The predicted octanol–water partition coefficient (Wildman–Crippen LogP) is 1.14. The van der Waals surface area contributed by atoms with Crippen LogP contribution in [0.5, 0.6) is 0 Å². The van der Waals surface area contributed by atoms with Crippen LogP contribution in [0.2, 0.25) is 0 Å². The fourth-order valence-electron chi connectivity index (χ4n) is 2.53. The van der Waals surface area contributed by atoms with Crippen molar-refractivity contribution < 1.29 is 5.11 Å². The van der Waals surface area contributed by atoms with E-state index in [9.17, 15) is 5.11 Å². The zero-order valence-electron chi connectivity index (χ0n) is 11.7. The van der Waals surface area contributed by atoms with E-state index in [-0.39, 0.29) is 6.61 Å². The lowest BCUT2D eigenvalue weighted by atomic mass is 10.1. The van der Waals surface area contributed by atoms with Crippen LogP contribution in [0.1, 0.15) is 30.4 Å². The zero-order chi connectivity index (χ0) is 13.9. The van der Waals surface area contributed by atoms with Gasteiger partial charge in [0, 0.05) is 18.8 Å². The maximum atomic E-state index is 9.41. The molecule has 3 rings (SSSR count). The van der Waals surface area contributed by atoms with Gasteiger partial charge in [-0.05, 0) is 24.1 Å². The number of nitrogens with zero attached hydrogens (tertiary/aromatic N) is 5. The summed E-state index contributed by atoms with van der Waals surface area (Å²) >= 11 is 0. The fraction of sp³-hybridized carbons (Fsp3) is 0.500. The van der Waals surface area contributed by atoms with Crippen molar-refractivity contribution >= 4 is 5.82 Å². The monoisotopic (exact) mass is 273 g/mol. The number of hydrogen-bond acceptors (Lipinski definition) is 5. The molecule has 0 amide bonds. The Kier molecular flexibility index (Phi) is 3.64. The second-order valence-electron chi connectivity index (χ2n) is 5.10. The second-order valence-corrected chi connectivity index (χ2v) is 5.10. The molecule has 6 heteroatoms. The summed E-state index contributed by atoms with van der Waals surface area (Å²) in [6.45, 7) is 4.66. The Morgan fingerprint density at radius 3 is 3.00 bits per heavy atom. The van der Waals surface area contributed by atoms with Crippen LogP contribution in [0.15, 0.2) is 18.5 Å².